The van der Waals surface area contributed by atoms with Gasteiger partial charge in [0.2, 0.25) is 10.0 Å². The van der Waals surface area contributed by atoms with Crippen LogP contribution in [0.4, 0.5) is 0 Å². The monoisotopic (exact) mass is 315 g/mol. The third kappa shape index (κ3) is 4.78. The summed E-state index contributed by atoms with van der Waals surface area (Å²) in [6, 6.07) is 6.66. The van der Waals surface area contributed by atoms with Crippen LogP contribution in [0.25, 0.3) is 0 Å². The largest absolute Gasteiger partial charge is 0.396 e. The van der Waals surface area contributed by atoms with Crippen LogP contribution >= 0.6 is 0 Å². The lowest BCUT2D eigenvalue weighted by molar-refractivity contribution is 0.142. The molecule has 0 saturated heterocycles. The van der Waals surface area contributed by atoms with Crippen LogP contribution in [0.15, 0.2) is 29.2 Å². The van der Waals surface area contributed by atoms with E-state index in [0.717, 1.165) is 12.0 Å². The van der Waals surface area contributed by atoms with Crippen LogP contribution in [0.3, 0.4) is 0 Å². The SMILES string of the molecule is CCN(C(C)COC)S(=O)(=O)c1ccc(CCCO)cc1. The summed E-state index contributed by atoms with van der Waals surface area (Å²) in [7, 11) is -1.94. The van der Waals surface area contributed by atoms with Crippen molar-refractivity contribution in [2.45, 2.75) is 37.6 Å². The number of sulfonamides is 1. The Balaban J connectivity index is 2.95. The fourth-order valence-corrected chi connectivity index (χ4v) is 3.91. The lowest BCUT2D eigenvalue weighted by Gasteiger charge is -2.26. The maximum atomic E-state index is 12.6. The molecule has 0 aliphatic heterocycles. The molecule has 1 aromatic rings. The maximum absolute atomic E-state index is 12.6. The summed E-state index contributed by atoms with van der Waals surface area (Å²) in [5.41, 5.74) is 1.02. The van der Waals surface area contributed by atoms with E-state index < -0.39 is 10.0 Å². The summed E-state index contributed by atoms with van der Waals surface area (Å²) in [5.74, 6) is 0. The summed E-state index contributed by atoms with van der Waals surface area (Å²) in [5, 5.41) is 8.81. The zero-order valence-corrected chi connectivity index (χ0v) is 13.8. The molecule has 1 unspecified atom stereocenters. The topological polar surface area (TPSA) is 66.8 Å². The molecule has 0 saturated carbocycles. The van der Waals surface area contributed by atoms with E-state index in [-0.39, 0.29) is 12.6 Å². The minimum absolute atomic E-state index is 0.137. The van der Waals surface area contributed by atoms with Gasteiger partial charge in [0.05, 0.1) is 11.5 Å². The Hall–Kier alpha value is -0.950. The van der Waals surface area contributed by atoms with Gasteiger partial charge in [-0.25, -0.2) is 8.42 Å². The molecule has 0 heterocycles. The molecule has 0 fully saturated rings. The molecule has 0 bridgehead atoms. The molecule has 0 spiro atoms. The zero-order chi connectivity index (χ0) is 15.9. The molecular formula is C15H25NO4S. The third-order valence-electron chi connectivity index (χ3n) is 3.36. The van der Waals surface area contributed by atoms with Gasteiger partial charge < -0.3 is 9.84 Å². The highest BCUT2D eigenvalue weighted by Crippen LogP contribution is 2.19. The molecule has 0 aromatic heterocycles. The quantitative estimate of drug-likeness (QED) is 0.752. The van der Waals surface area contributed by atoms with Crippen molar-refractivity contribution in [3.05, 3.63) is 29.8 Å². The van der Waals surface area contributed by atoms with E-state index in [1.54, 1.807) is 31.4 Å². The van der Waals surface area contributed by atoms with E-state index in [2.05, 4.69) is 0 Å². The molecule has 1 rings (SSSR count). The standard InChI is InChI=1S/C15H25NO4S/c1-4-16(13(2)12-20-3)21(18,19)15-9-7-14(8-10-15)6-5-11-17/h7-10,13,17H,4-6,11-12H2,1-3H3. The highest BCUT2D eigenvalue weighted by atomic mass is 32.2. The van der Waals surface area contributed by atoms with Crippen molar-refractivity contribution in [2.75, 3.05) is 26.9 Å². The van der Waals surface area contributed by atoms with Gasteiger partial charge >= 0.3 is 0 Å². The number of hydrogen-bond donors (Lipinski definition) is 1. The molecule has 0 radical (unpaired) electrons. The number of aliphatic hydroxyl groups is 1. The van der Waals surface area contributed by atoms with Gasteiger partial charge in [0.25, 0.3) is 0 Å². The van der Waals surface area contributed by atoms with E-state index in [1.165, 1.54) is 4.31 Å². The molecule has 6 heteroatoms. The predicted molar refractivity (Wildman–Crippen MR) is 82.8 cm³/mol. The van der Waals surface area contributed by atoms with E-state index in [9.17, 15) is 8.42 Å². The highest BCUT2D eigenvalue weighted by Gasteiger charge is 2.27. The summed E-state index contributed by atoms with van der Waals surface area (Å²) in [6.45, 7) is 4.55. The summed E-state index contributed by atoms with van der Waals surface area (Å²) in [6.07, 6.45) is 1.42. The van der Waals surface area contributed by atoms with Crippen molar-refractivity contribution >= 4 is 10.0 Å². The fraction of sp³-hybridized carbons (Fsp3) is 0.600. The van der Waals surface area contributed by atoms with Crippen molar-refractivity contribution in [3.63, 3.8) is 0 Å². The number of nitrogens with zero attached hydrogens (tertiary/aromatic N) is 1. The van der Waals surface area contributed by atoms with E-state index in [0.29, 0.717) is 24.5 Å². The number of methoxy groups -OCH3 is 1. The van der Waals surface area contributed by atoms with Crippen molar-refractivity contribution in [1.29, 1.82) is 0 Å². The van der Waals surface area contributed by atoms with Crippen LogP contribution in [0.5, 0.6) is 0 Å². The van der Waals surface area contributed by atoms with Crippen LogP contribution in [0.1, 0.15) is 25.8 Å². The Morgan fingerprint density at radius 2 is 1.90 bits per heavy atom. The summed E-state index contributed by atoms with van der Waals surface area (Å²) < 4.78 is 31.8. The first-order valence-corrected chi connectivity index (χ1v) is 8.62. The van der Waals surface area contributed by atoms with Gasteiger partial charge in [-0.3, -0.25) is 0 Å². The minimum Gasteiger partial charge on any atom is -0.396 e. The van der Waals surface area contributed by atoms with Gasteiger partial charge in [0.15, 0.2) is 0 Å². The Morgan fingerprint density at radius 1 is 1.29 bits per heavy atom. The van der Waals surface area contributed by atoms with Crippen molar-refractivity contribution in [2.24, 2.45) is 0 Å². The molecule has 0 aliphatic carbocycles. The second-order valence-corrected chi connectivity index (χ2v) is 6.87. The number of rotatable bonds is 9. The van der Waals surface area contributed by atoms with Gasteiger partial charge in [-0.15, -0.1) is 0 Å². The minimum atomic E-state index is -3.51. The highest BCUT2D eigenvalue weighted by molar-refractivity contribution is 7.89. The number of aliphatic hydroxyl groups excluding tert-OH is 1. The van der Waals surface area contributed by atoms with Gasteiger partial charge in [0, 0.05) is 26.3 Å². The Labute approximate surface area is 127 Å². The van der Waals surface area contributed by atoms with Gasteiger partial charge in [0.1, 0.15) is 0 Å². The molecule has 21 heavy (non-hydrogen) atoms. The second kappa shape index (κ2) is 8.48. The lowest BCUT2D eigenvalue weighted by Crippen LogP contribution is -2.40. The van der Waals surface area contributed by atoms with Crippen LogP contribution < -0.4 is 0 Å². The average molecular weight is 315 g/mol. The third-order valence-corrected chi connectivity index (χ3v) is 5.47. The molecule has 1 N–H and O–H groups in total. The number of hydrogen-bond acceptors (Lipinski definition) is 4. The first kappa shape index (κ1) is 18.1. The number of likely N-dealkylation sites (N-methyl/N-ethyl adjacent to an activating group) is 1. The van der Waals surface area contributed by atoms with Crippen LogP contribution in [0, 0.1) is 0 Å². The summed E-state index contributed by atoms with van der Waals surface area (Å²) >= 11 is 0. The molecule has 120 valence electrons. The first-order valence-electron chi connectivity index (χ1n) is 7.18. The predicted octanol–water partition coefficient (Wildman–Crippen LogP) is 1.66. The number of ether oxygens (including phenoxy) is 1. The Kier molecular flexibility index (Phi) is 7.31. The van der Waals surface area contributed by atoms with Gasteiger partial charge in [-0.05, 0) is 37.5 Å². The lowest BCUT2D eigenvalue weighted by atomic mass is 10.1. The normalized spacial score (nSPS) is 13.6. The van der Waals surface area contributed by atoms with Crippen LogP contribution in [-0.4, -0.2) is 50.7 Å². The molecule has 1 atom stereocenters. The number of benzene rings is 1. The van der Waals surface area contributed by atoms with Crippen molar-refractivity contribution in [3.8, 4) is 0 Å². The number of aryl methyl sites for hydroxylation is 1. The van der Waals surface area contributed by atoms with Crippen molar-refractivity contribution in [1.82, 2.24) is 4.31 Å². The average Bonchev–Trinajstić information content (AvgIpc) is 2.46. The fourth-order valence-electron chi connectivity index (χ4n) is 2.29. The molecule has 0 aliphatic rings. The van der Waals surface area contributed by atoms with Crippen LogP contribution in [-0.2, 0) is 21.2 Å². The summed E-state index contributed by atoms with van der Waals surface area (Å²) in [4.78, 5) is 0.292. The molecule has 0 amide bonds. The maximum Gasteiger partial charge on any atom is 0.243 e. The van der Waals surface area contributed by atoms with Gasteiger partial charge in [-0.1, -0.05) is 19.1 Å². The molecule has 1 aromatic carbocycles. The molecular weight excluding hydrogens is 290 g/mol. The Morgan fingerprint density at radius 3 is 2.38 bits per heavy atom. The second-order valence-electron chi connectivity index (χ2n) is 4.98. The first-order chi connectivity index (χ1) is 9.97. The molecule has 5 nitrogen and oxygen atoms in total. The zero-order valence-electron chi connectivity index (χ0n) is 12.9. The smallest absolute Gasteiger partial charge is 0.243 e. The Bertz CT molecular complexity index is 513. The van der Waals surface area contributed by atoms with Gasteiger partial charge in [-0.2, -0.15) is 4.31 Å². The van der Waals surface area contributed by atoms with E-state index in [4.69, 9.17) is 9.84 Å². The van der Waals surface area contributed by atoms with Crippen molar-refractivity contribution < 1.29 is 18.3 Å². The van der Waals surface area contributed by atoms with E-state index in [1.807, 2.05) is 13.8 Å². The van der Waals surface area contributed by atoms with E-state index >= 15 is 0 Å². The van der Waals surface area contributed by atoms with Crippen LogP contribution in [0.2, 0.25) is 0 Å².